The fourth-order valence-electron chi connectivity index (χ4n) is 3.22. The third kappa shape index (κ3) is 6.32. The topological polar surface area (TPSA) is 107 Å². The molecule has 0 unspecified atom stereocenters. The molecule has 0 saturated carbocycles. The molecule has 2 amide bonds. The lowest BCUT2D eigenvalue weighted by molar-refractivity contribution is -0.122. The van der Waals surface area contributed by atoms with Crippen LogP contribution in [0.25, 0.3) is 0 Å². The van der Waals surface area contributed by atoms with Gasteiger partial charge in [0.15, 0.2) is 16.7 Å². The molecule has 10 heteroatoms. The summed E-state index contributed by atoms with van der Waals surface area (Å²) in [6, 6.07) is 10.8. The quantitative estimate of drug-likeness (QED) is 0.546. The molecule has 2 aromatic rings. The van der Waals surface area contributed by atoms with Crippen LogP contribution in [0.5, 0.6) is 23.0 Å². The van der Waals surface area contributed by atoms with E-state index in [-0.39, 0.29) is 18.2 Å². The normalized spacial score (nSPS) is 16.3. The molecule has 0 radical (unpaired) electrons. The van der Waals surface area contributed by atoms with E-state index in [2.05, 4.69) is 15.6 Å². The number of methoxy groups -OCH3 is 4. The molecular formula is C23H27N3O6S. The molecule has 0 bridgehead atoms. The molecule has 0 aromatic heterocycles. The van der Waals surface area contributed by atoms with Crippen LogP contribution < -0.4 is 29.6 Å². The van der Waals surface area contributed by atoms with Crippen molar-refractivity contribution < 1.29 is 28.5 Å². The first kappa shape index (κ1) is 24.2. The van der Waals surface area contributed by atoms with E-state index in [0.29, 0.717) is 46.8 Å². The molecule has 176 valence electrons. The molecule has 1 heterocycles. The van der Waals surface area contributed by atoms with Crippen LogP contribution in [0, 0.1) is 0 Å². The fourth-order valence-corrected chi connectivity index (χ4v) is 4.21. The molecule has 2 aromatic carbocycles. The van der Waals surface area contributed by atoms with Gasteiger partial charge in [0.2, 0.25) is 11.8 Å². The Kier molecular flexibility index (Phi) is 8.42. The highest BCUT2D eigenvalue weighted by Crippen LogP contribution is 2.30. The van der Waals surface area contributed by atoms with E-state index in [1.807, 2.05) is 18.2 Å². The first-order chi connectivity index (χ1) is 16.0. The second kappa shape index (κ2) is 11.5. The minimum atomic E-state index is -0.554. The summed E-state index contributed by atoms with van der Waals surface area (Å²) in [5, 5.41) is 5.49. The van der Waals surface area contributed by atoms with Gasteiger partial charge in [-0.1, -0.05) is 17.8 Å². The van der Waals surface area contributed by atoms with E-state index in [1.165, 1.54) is 18.9 Å². The number of amides is 2. The lowest BCUT2D eigenvalue weighted by atomic mass is 10.1. The Bertz CT molecular complexity index is 1040. The highest BCUT2D eigenvalue weighted by molar-refractivity contribution is 8.15. The summed E-state index contributed by atoms with van der Waals surface area (Å²) in [6.07, 6.45) is 0.673. The zero-order chi connectivity index (χ0) is 23.8. The van der Waals surface area contributed by atoms with Gasteiger partial charge in [-0.05, 0) is 36.2 Å². The molecular weight excluding hydrogens is 446 g/mol. The van der Waals surface area contributed by atoms with E-state index in [1.54, 1.807) is 39.5 Å². The smallest absolute Gasteiger partial charge is 0.240 e. The van der Waals surface area contributed by atoms with Crippen LogP contribution in [0.1, 0.15) is 12.0 Å². The number of thioether (sulfide) groups is 1. The van der Waals surface area contributed by atoms with Crippen LogP contribution in [-0.4, -0.2) is 57.2 Å². The summed E-state index contributed by atoms with van der Waals surface area (Å²) in [6.45, 7) is 0.484. The molecule has 9 nitrogen and oxygen atoms in total. The van der Waals surface area contributed by atoms with Gasteiger partial charge in [-0.2, -0.15) is 0 Å². The Morgan fingerprint density at radius 3 is 2.42 bits per heavy atom. The maximum atomic E-state index is 12.5. The number of nitrogens with zero attached hydrogens (tertiary/aromatic N) is 1. The van der Waals surface area contributed by atoms with E-state index in [4.69, 9.17) is 18.9 Å². The van der Waals surface area contributed by atoms with Gasteiger partial charge in [-0.3, -0.25) is 14.6 Å². The average molecular weight is 474 g/mol. The Labute approximate surface area is 196 Å². The number of aliphatic imine (C=N–C) groups is 1. The van der Waals surface area contributed by atoms with Crippen molar-refractivity contribution >= 4 is 34.4 Å². The number of benzene rings is 2. The molecule has 0 aliphatic carbocycles. The number of ether oxygens (including phenoxy) is 4. The molecule has 1 fully saturated rings. The van der Waals surface area contributed by atoms with Gasteiger partial charge in [0, 0.05) is 19.0 Å². The van der Waals surface area contributed by atoms with Crippen LogP contribution in [0.2, 0.25) is 0 Å². The average Bonchev–Trinajstić information content (AvgIpc) is 3.17. The van der Waals surface area contributed by atoms with Crippen molar-refractivity contribution in [3.05, 3.63) is 42.0 Å². The van der Waals surface area contributed by atoms with Crippen LogP contribution in [-0.2, 0) is 16.0 Å². The van der Waals surface area contributed by atoms with Gasteiger partial charge in [-0.25, -0.2) is 0 Å². The van der Waals surface area contributed by atoms with E-state index >= 15 is 0 Å². The number of carbonyl (C=O) groups excluding carboxylic acids is 2. The highest BCUT2D eigenvalue weighted by atomic mass is 32.2. The van der Waals surface area contributed by atoms with Gasteiger partial charge in [0.25, 0.3) is 0 Å². The number of hydrogen-bond acceptors (Lipinski definition) is 8. The number of rotatable bonds is 10. The van der Waals surface area contributed by atoms with Gasteiger partial charge in [0.1, 0.15) is 16.7 Å². The standard InChI is InChI=1S/C23H27N3O6S/c1-29-15-6-8-17(30-2)16(12-15)25-21(27)13-20-22(28)26-23(33-20)24-10-9-14-5-7-18(31-3)19(11-14)32-4/h5-8,11-12,20H,9-10,13H2,1-4H3,(H,25,27)(H,24,26,28)/t20-/m1/s1. The van der Waals surface area contributed by atoms with Crippen LogP contribution in [0.4, 0.5) is 5.69 Å². The van der Waals surface area contributed by atoms with Crippen LogP contribution in [0.15, 0.2) is 41.4 Å². The Morgan fingerprint density at radius 2 is 1.73 bits per heavy atom. The molecule has 2 N–H and O–H groups in total. The van der Waals surface area contributed by atoms with E-state index < -0.39 is 5.25 Å². The first-order valence-corrected chi connectivity index (χ1v) is 11.1. The minimum Gasteiger partial charge on any atom is -0.497 e. The van der Waals surface area contributed by atoms with Crippen LogP contribution in [0.3, 0.4) is 0 Å². The molecule has 1 atom stereocenters. The fraction of sp³-hybridized carbons (Fsp3) is 0.348. The van der Waals surface area contributed by atoms with Gasteiger partial charge >= 0.3 is 0 Å². The van der Waals surface area contributed by atoms with Gasteiger partial charge in [0.05, 0.1) is 34.1 Å². The highest BCUT2D eigenvalue weighted by Gasteiger charge is 2.32. The largest absolute Gasteiger partial charge is 0.497 e. The zero-order valence-electron chi connectivity index (χ0n) is 19.0. The number of anilines is 1. The third-order valence-corrected chi connectivity index (χ3v) is 6.05. The monoisotopic (exact) mass is 473 g/mol. The molecule has 1 aliphatic heterocycles. The number of nitrogens with one attached hydrogen (secondary N) is 2. The van der Waals surface area contributed by atoms with Crippen molar-refractivity contribution in [1.82, 2.24) is 5.32 Å². The van der Waals surface area contributed by atoms with Gasteiger partial charge in [-0.15, -0.1) is 0 Å². The lowest BCUT2D eigenvalue weighted by Crippen LogP contribution is -2.28. The van der Waals surface area contributed by atoms with Crippen molar-refractivity contribution in [2.45, 2.75) is 18.1 Å². The third-order valence-electron chi connectivity index (χ3n) is 4.93. The van der Waals surface area contributed by atoms with Crippen molar-refractivity contribution in [2.24, 2.45) is 4.99 Å². The summed E-state index contributed by atoms with van der Waals surface area (Å²) < 4.78 is 21.0. The Hall–Kier alpha value is -3.40. The number of carbonyl (C=O) groups is 2. The second-order valence-corrected chi connectivity index (χ2v) is 8.23. The summed E-state index contributed by atoms with van der Waals surface area (Å²) in [4.78, 5) is 29.3. The van der Waals surface area contributed by atoms with Crippen molar-refractivity contribution in [2.75, 3.05) is 40.3 Å². The summed E-state index contributed by atoms with van der Waals surface area (Å²) >= 11 is 1.25. The Morgan fingerprint density at radius 1 is 1.00 bits per heavy atom. The van der Waals surface area contributed by atoms with E-state index in [9.17, 15) is 9.59 Å². The maximum absolute atomic E-state index is 12.5. The number of hydrogen-bond donors (Lipinski definition) is 2. The molecule has 0 spiro atoms. The summed E-state index contributed by atoms with van der Waals surface area (Å²) in [5.74, 6) is 1.87. The zero-order valence-corrected chi connectivity index (χ0v) is 19.8. The molecule has 3 rings (SSSR count). The number of amidine groups is 1. The maximum Gasteiger partial charge on any atom is 0.240 e. The molecule has 1 saturated heterocycles. The van der Waals surface area contributed by atoms with Gasteiger partial charge < -0.3 is 29.6 Å². The van der Waals surface area contributed by atoms with Crippen LogP contribution >= 0.6 is 11.8 Å². The minimum absolute atomic E-state index is 0.00552. The lowest BCUT2D eigenvalue weighted by Gasteiger charge is -2.12. The van der Waals surface area contributed by atoms with Crippen molar-refractivity contribution in [1.29, 1.82) is 0 Å². The second-order valence-electron chi connectivity index (χ2n) is 7.04. The first-order valence-electron chi connectivity index (χ1n) is 10.2. The molecule has 1 aliphatic rings. The molecule has 33 heavy (non-hydrogen) atoms. The van der Waals surface area contributed by atoms with Crippen molar-refractivity contribution in [3.63, 3.8) is 0 Å². The predicted molar refractivity (Wildman–Crippen MR) is 128 cm³/mol. The summed E-state index contributed by atoms with van der Waals surface area (Å²) in [7, 11) is 6.24. The summed E-state index contributed by atoms with van der Waals surface area (Å²) in [5.41, 5.74) is 1.52. The predicted octanol–water partition coefficient (Wildman–Crippen LogP) is 2.88. The Balaban J connectivity index is 1.55. The van der Waals surface area contributed by atoms with E-state index in [0.717, 1.165) is 5.56 Å². The SMILES string of the molecule is COc1ccc(OC)c(NC(=O)C[C@H]2SC(=NCCc3ccc(OC)c(OC)c3)NC2=O)c1. The van der Waals surface area contributed by atoms with Crippen molar-refractivity contribution in [3.8, 4) is 23.0 Å².